The number of likely N-dealkylation sites (N-methyl/N-ethyl adjacent to an activating group) is 1. The van der Waals surface area contributed by atoms with Crippen molar-refractivity contribution in [1.29, 1.82) is 0 Å². The first-order chi connectivity index (χ1) is 14.4. The van der Waals surface area contributed by atoms with Gasteiger partial charge in [-0.15, -0.1) is 10.2 Å². The predicted octanol–water partition coefficient (Wildman–Crippen LogP) is 1.51. The molecule has 30 heavy (non-hydrogen) atoms. The lowest BCUT2D eigenvalue weighted by Crippen LogP contribution is -2.48. The van der Waals surface area contributed by atoms with Gasteiger partial charge in [-0.1, -0.05) is 23.1 Å². The Morgan fingerprint density at radius 2 is 2.00 bits per heavy atom. The molecule has 3 fully saturated rings. The van der Waals surface area contributed by atoms with Crippen molar-refractivity contribution in [3.8, 4) is 0 Å². The minimum atomic E-state index is -0.250. The quantitative estimate of drug-likeness (QED) is 0.463. The van der Waals surface area contributed by atoms with Crippen molar-refractivity contribution in [3.63, 3.8) is 0 Å². The highest BCUT2D eigenvalue weighted by atomic mass is 32.2. The Hall–Kier alpha value is -1.43. The first-order valence-corrected chi connectivity index (χ1v) is 12.1. The fourth-order valence-corrected chi connectivity index (χ4v) is 5.89. The molecule has 1 aliphatic heterocycles. The van der Waals surface area contributed by atoms with E-state index in [0.717, 1.165) is 42.8 Å². The number of anilines is 1. The smallest absolute Gasteiger partial charge is 0.290 e. The number of nitrogens with zero attached hydrogens (tertiary/aromatic N) is 4. The Labute approximate surface area is 185 Å². The number of fused-ring (bicyclic) bond motifs is 1. The number of nitrogens with two attached hydrogens (primary N) is 1. The molecule has 2 saturated carbocycles. The fourth-order valence-electron chi connectivity index (χ4n) is 4.35. The number of nitrogen functional groups attached to an aromatic ring is 1. The first-order valence-electron chi connectivity index (χ1n) is 10.3. The number of thioether (sulfide) groups is 1. The van der Waals surface area contributed by atoms with Gasteiger partial charge in [-0.2, -0.15) is 0 Å². The summed E-state index contributed by atoms with van der Waals surface area (Å²) in [5, 5.41) is 15.1. The van der Waals surface area contributed by atoms with Crippen LogP contribution < -0.4 is 5.73 Å². The van der Waals surface area contributed by atoms with Gasteiger partial charge in [0, 0.05) is 25.7 Å². The van der Waals surface area contributed by atoms with Crippen molar-refractivity contribution in [2.24, 2.45) is 17.8 Å². The van der Waals surface area contributed by atoms with E-state index in [2.05, 4.69) is 29.2 Å². The topological polar surface area (TPSA) is 122 Å². The van der Waals surface area contributed by atoms with Crippen molar-refractivity contribution in [1.82, 2.24) is 20.0 Å². The summed E-state index contributed by atoms with van der Waals surface area (Å²) >= 11 is 2.77. The Bertz CT molecular complexity index is 715. The van der Waals surface area contributed by atoms with E-state index in [0.29, 0.717) is 34.9 Å². The molecule has 0 bridgehead atoms. The molecule has 1 amide bonds. The van der Waals surface area contributed by atoms with Crippen LogP contribution in [0.3, 0.4) is 0 Å². The Morgan fingerprint density at radius 3 is 2.57 bits per heavy atom. The van der Waals surface area contributed by atoms with Crippen LogP contribution in [0.2, 0.25) is 0 Å². The van der Waals surface area contributed by atoms with E-state index in [9.17, 15) is 4.79 Å². The molecule has 0 aromatic carbocycles. The van der Waals surface area contributed by atoms with Crippen LogP contribution in [0.5, 0.6) is 0 Å². The molecule has 1 aromatic heterocycles. The summed E-state index contributed by atoms with van der Waals surface area (Å²) in [6, 6.07) is 0.457. The van der Waals surface area contributed by atoms with Crippen molar-refractivity contribution >= 4 is 40.6 Å². The number of carboxylic acid groups (broad SMARTS) is 1. The predicted molar refractivity (Wildman–Crippen MR) is 116 cm³/mol. The van der Waals surface area contributed by atoms with E-state index in [1.54, 1.807) is 0 Å². The summed E-state index contributed by atoms with van der Waals surface area (Å²) in [6.45, 7) is 2.41. The third kappa shape index (κ3) is 6.29. The standard InChI is InChI=1S/C18H29N5O2S2.CH2O2/c1-22(2)14-5-12-7-23(16(24)10-26-18-21-20-17(19)27-18)8-13(12)6-15(14)25-9-11-3-4-11;2-1-3/h11-15H,3-10H2,1-2H3,(H2,19,20);1H,(H,2,3)/t12-,13+,14-,15-;/m1./s1. The van der Waals surface area contributed by atoms with Crippen LogP contribution in [0.4, 0.5) is 5.13 Å². The van der Waals surface area contributed by atoms with E-state index in [1.165, 1.54) is 35.9 Å². The van der Waals surface area contributed by atoms with Crippen LogP contribution >= 0.6 is 23.1 Å². The number of carbonyl (C=O) groups is 2. The summed E-state index contributed by atoms with van der Waals surface area (Å²) in [4.78, 5) is 25.4. The Morgan fingerprint density at radius 1 is 1.33 bits per heavy atom. The van der Waals surface area contributed by atoms with Gasteiger partial charge in [-0.25, -0.2) is 0 Å². The molecule has 2 heterocycles. The van der Waals surface area contributed by atoms with Gasteiger partial charge in [0.15, 0.2) is 4.34 Å². The van der Waals surface area contributed by atoms with E-state index in [4.69, 9.17) is 20.4 Å². The van der Waals surface area contributed by atoms with Crippen LogP contribution in [-0.2, 0) is 14.3 Å². The largest absolute Gasteiger partial charge is 0.483 e. The number of hydrogen-bond donors (Lipinski definition) is 2. The molecule has 1 aromatic rings. The minimum absolute atomic E-state index is 0.194. The van der Waals surface area contributed by atoms with Crippen molar-refractivity contribution < 1.29 is 19.4 Å². The van der Waals surface area contributed by atoms with Gasteiger partial charge in [0.1, 0.15) is 0 Å². The fraction of sp³-hybridized carbons (Fsp3) is 0.789. The molecule has 11 heteroatoms. The summed E-state index contributed by atoms with van der Waals surface area (Å²) < 4.78 is 7.08. The molecular formula is C19H31N5O4S2. The summed E-state index contributed by atoms with van der Waals surface area (Å²) in [5.41, 5.74) is 5.60. The summed E-state index contributed by atoms with van der Waals surface area (Å²) in [7, 11) is 4.31. The van der Waals surface area contributed by atoms with Gasteiger partial charge in [-0.05, 0) is 57.5 Å². The molecule has 168 valence electrons. The van der Waals surface area contributed by atoms with Crippen LogP contribution in [0.1, 0.15) is 25.7 Å². The van der Waals surface area contributed by atoms with Gasteiger partial charge in [0.2, 0.25) is 11.0 Å². The molecule has 0 unspecified atom stereocenters. The second-order valence-corrected chi connectivity index (χ2v) is 10.7. The average molecular weight is 458 g/mol. The molecular weight excluding hydrogens is 426 g/mol. The molecule has 9 nitrogen and oxygen atoms in total. The summed E-state index contributed by atoms with van der Waals surface area (Å²) in [5.74, 6) is 2.55. The molecule has 0 spiro atoms. The normalized spacial score (nSPS) is 28.0. The number of amides is 1. The zero-order valence-corrected chi connectivity index (χ0v) is 19.1. The molecule has 3 aliphatic rings. The lowest BCUT2D eigenvalue weighted by atomic mass is 9.77. The van der Waals surface area contributed by atoms with Gasteiger partial charge >= 0.3 is 0 Å². The van der Waals surface area contributed by atoms with Crippen LogP contribution in [-0.4, -0.2) is 89.2 Å². The van der Waals surface area contributed by atoms with Crippen molar-refractivity contribution in [3.05, 3.63) is 0 Å². The maximum absolute atomic E-state index is 12.7. The van der Waals surface area contributed by atoms with Gasteiger partial charge in [0.05, 0.1) is 11.9 Å². The lowest BCUT2D eigenvalue weighted by Gasteiger charge is -2.41. The lowest BCUT2D eigenvalue weighted by molar-refractivity contribution is -0.127. The first kappa shape index (κ1) is 23.2. The zero-order valence-electron chi connectivity index (χ0n) is 17.5. The molecule has 3 N–H and O–H groups in total. The van der Waals surface area contributed by atoms with Crippen molar-refractivity contribution in [2.75, 3.05) is 45.3 Å². The Kier molecular flexibility index (Phi) is 8.32. The van der Waals surface area contributed by atoms with Gasteiger partial charge in [0.25, 0.3) is 6.47 Å². The van der Waals surface area contributed by atoms with Gasteiger partial charge in [-0.3, -0.25) is 9.59 Å². The monoisotopic (exact) mass is 457 g/mol. The number of aromatic nitrogens is 2. The Balaban J connectivity index is 0.000000806. The highest BCUT2D eigenvalue weighted by molar-refractivity contribution is 8.01. The van der Waals surface area contributed by atoms with Gasteiger partial charge < -0.3 is 25.4 Å². The van der Waals surface area contributed by atoms with Crippen LogP contribution in [0.25, 0.3) is 0 Å². The second kappa shape index (κ2) is 10.7. The van der Waals surface area contributed by atoms with E-state index < -0.39 is 0 Å². The zero-order chi connectivity index (χ0) is 21.7. The molecule has 2 aliphatic carbocycles. The third-order valence-electron chi connectivity index (χ3n) is 6.09. The number of likely N-dealkylation sites (tertiary alicyclic amines) is 1. The number of ether oxygens (including phenoxy) is 1. The number of carbonyl (C=O) groups excluding carboxylic acids is 1. The van der Waals surface area contributed by atoms with Crippen molar-refractivity contribution in [2.45, 2.75) is 42.2 Å². The molecule has 0 radical (unpaired) electrons. The van der Waals surface area contributed by atoms with Crippen LogP contribution in [0, 0.1) is 17.8 Å². The SMILES string of the molecule is CN(C)[C@@H]1C[C@@H]2CN(C(=O)CSc3nnc(N)s3)C[C@@H]2C[C@H]1OCC1CC1.O=CO. The number of rotatable bonds is 7. The second-order valence-electron chi connectivity index (χ2n) is 8.44. The summed E-state index contributed by atoms with van der Waals surface area (Å²) in [6.07, 6.45) is 5.15. The molecule has 4 rings (SSSR count). The highest BCUT2D eigenvalue weighted by Crippen LogP contribution is 2.40. The third-order valence-corrected chi connectivity index (χ3v) is 7.96. The maximum atomic E-state index is 12.7. The maximum Gasteiger partial charge on any atom is 0.290 e. The van der Waals surface area contributed by atoms with E-state index in [1.807, 2.05) is 4.90 Å². The van der Waals surface area contributed by atoms with E-state index >= 15 is 0 Å². The van der Waals surface area contributed by atoms with E-state index in [-0.39, 0.29) is 12.4 Å². The highest BCUT2D eigenvalue weighted by Gasteiger charge is 2.44. The average Bonchev–Trinajstić information content (AvgIpc) is 3.30. The number of hydrogen-bond acceptors (Lipinski definition) is 9. The minimum Gasteiger partial charge on any atom is -0.483 e. The molecule has 1 saturated heterocycles. The van der Waals surface area contributed by atoms with Crippen LogP contribution in [0.15, 0.2) is 4.34 Å². The molecule has 4 atom stereocenters.